The van der Waals surface area contributed by atoms with E-state index in [9.17, 15) is 9.59 Å². The van der Waals surface area contributed by atoms with Gasteiger partial charge in [-0.1, -0.05) is 38.1 Å². The zero-order chi connectivity index (χ0) is 26.1. The molecule has 0 fully saturated rings. The Bertz CT molecular complexity index is 902. The molecule has 9 nitrogen and oxygen atoms in total. The van der Waals surface area contributed by atoms with E-state index in [1.807, 2.05) is 45.0 Å². The Kier molecular flexibility index (Phi) is 10.7. The number of nitrogens with two attached hydrogens (primary N) is 3. The van der Waals surface area contributed by atoms with Gasteiger partial charge in [0.2, 0.25) is 0 Å². The third kappa shape index (κ3) is 6.33. The van der Waals surface area contributed by atoms with Crippen molar-refractivity contribution in [3.05, 3.63) is 70.8 Å². The number of carbonyl (C=O) groups excluding carboxylic acids is 2. The molecule has 0 heterocycles. The monoisotopic (exact) mass is 469 g/mol. The van der Waals surface area contributed by atoms with Crippen molar-refractivity contribution in [2.45, 2.75) is 38.6 Å². The second-order valence-electron chi connectivity index (χ2n) is 8.27. The first-order valence-electron chi connectivity index (χ1n) is 11.2. The van der Waals surface area contributed by atoms with Gasteiger partial charge >= 0.3 is 0 Å². The Morgan fingerprint density at radius 1 is 0.882 bits per heavy atom. The van der Waals surface area contributed by atoms with Crippen LogP contribution in [0.3, 0.4) is 0 Å². The van der Waals surface area contributed by atoms with Gasteiger partial charge in [0.05, 0.1) is 5.41 Å². The predicted octanol–water partition coefficient (Wildman–Crippen LogP) is 1.88. The summed E-state index contributed by atoms with van der Waals surface area (Å²) in [6, 6.07) is 14.1. The Hall–Kier alpha value is -3.43. The van der Waals surface area contributed by atoms with Crippen LogP contribution in [0.2, 0.25) is 0 Å². The van der Waals surface area contributed by atoms with Crippen LogP contribution in [0.5, 0.6) is 0 Å². The van der Waals surface area contributed by atoms with Crippen LogP contribution < -0.4 is 22.8 Å². The minimum atomic E-state index is -0.931. The van der Waals surface area contributed by atoms with Crippen LogP contribution in [0.25, 0.3) is 0 Å². The number of hydrazine groups is 1. The van der Waals surface area contributed by atoms with Gasteiger partial charge in [-0.25, -0.2) is 11.4 Å². The van der Waals surface area contributed by atoms with Crippen LogP contribution in [0.4, 0.5) is 0 Å². The van der Waals surface area contributed by atoms with Gasteiger partial charge in [-0.15, -0.1) is 0 Å². The van der Waals surface area contributed by atoms with E-state index in [0.29, 0.717) is 17.5 Å². The second-order valence-corrected chi connectivity index (χ2v) is 8.27. The van der Waals surface area contributed by atoms with Crippen molar-refractivity contribution in [3.8, 4) is 0 Å². The third-order valence-electron chi connectivity index (χ3n) is 5.31. The summed E-state index contributed by atoms with van der Waals surface area (Å²) >= 11 is 0. The van der Waals surface area contributed by atoms with Gasteiger partial charge in [-0.05, 0) is 48.7 Å². The van der Waals surface area contributed by atoms with E-state index in [-0.39, 0.29) is 23.7 Å². The van der Waals surface area contributed by atoms with Crippen LogP contribution in [-0.4, -0.2) is 61.7 Å². The number of nitrogens with one attached hydrogen (secondary N) is 1. The van der Waals surface area contributed by atoms with Gasteiger partial charge in [-0.3, -0.25) is 9.59 Å². The van der Waals surface area contributed by atoms with E-state index in [1.165, 1.54) is 9.80 Å². The summed E-state index contributed by atoms with van der Waals surface area (Å²) in [4.78, 5) is 27.7. The van der Waals surface area contributed by atoms with Gasteiger partial charge in [0, 0.05) is 45.4 Å². The zero-order valence-corrected chi connectivity index (χ0v) is 21.3. The van der Waals surface area contributed by atoms with E-state index in [1.54, 1.807) is 52.5 Å². The highest BCUT2D eigenvalue weighted by Gasteiger charge is 2.40. The molecule has 34 heavy (non-hydrogen) atoms. The number of hydrogen-bond donors (Lipinski definition) is 4. The lowest BCUT2D eigenvalue weighted by atomic mass is 9.69. The van der Waals surface area contributed by atoms with Gasteiger partial charge in [-0.2, -0.15) is 5.10 Å². The van der Waals surface area contributed by atoms with Crippen LogP contribution in [0, 0.1) is 0 Å². The summed E-state index contributed by atoms with van der Waals surface area (Å²) in [5.74, 6) is 5.47. The number of hydrazone groups is 1. The van der Waals surface area contributed by atoms with Crippen molar-refractivity contribution in [1.29, 1.82) is 0 Å². The largest absolute Gasteiger partial charge is 0.385 e. The zero-order valence-electron chi connectivity index (χ0n) is 21.3. The maximum absolute atomic E-state index is 12.3. The van der Waals surface area contributed by atoms with Crippen molar-refractivity contribution in [1.82, 2.24) is 15.3 Å². The average molecular weight is 470 g/mol. The third-order valence-corrected chi connectivity index (χ3v) is 5.31. The highest BCUT2D eigenvalue weighted by molar-refractivity contribution is 5.98. The predicted molar refractivity (Wildman–Crippen MR) is 138 cm³/mol. The number of amidine groups is 1. The fourth-order valence-corrected chi connectivity index (χ4v) is 3.76. The van der Waals surface area contributed by atoms with E-state index in [4.69, 9.17) is 17.3 Å². The molecule has 2 rings (SSSR count). The fraction of sp³-hybridized carbons (Fsp3) is 0.400. The molecule has 186 valence electrons. The summed E-state index contributed by atoms with van der Waals surface area (Å²) in [6.07, 6.45) is 0.423. The number of amides is 2. The molecule has 0 aromatic heterocycles. The van der Waals surface area contributed by atoms with Crippen LogP contribution in [0.1, 0.15) is 59.0 Å². The molecule has 2 aromatic carbocycles. The number of hydrogen-bond acceptors (Lipinski definition) is 6. The highest BCUT2D eigenvalue weighted by Crippen LogP contribution is 2.37. The Labute approximate surface area is 202 Å². The number of nitrogens with zero attached hydrogens (tertiary/aromatic N) is 3. The number of benzene rings is 2. The standard InChI is InChI=1S/C23H33N7O2.C2H6/c1-15(24)14-23(22(25)27-28-26,18-10-6-16(7-11-18)20(31)29(2)3)19-12-8-17(9-13-19)21(32)30(4)5;1-2/h6-13,15,28H,14,24,26H2,1-5H3,(H2,25,27);1-2H3/t15-;/m1./s1. The molecule has 0 aliphatic heterocycles. The molecule has 0 aliphatic carbocycles. The van der Waals surface area contributed by atoms with Crippen LogP contribution >= 0.6 is 0 Å². The Balaban J connectivity index is 0.00000281. The molecule has 2 amide bonds. The smallest absolute Gasteiger partial charge is 0.253 e. The lowest BCUT2D eigenvalue weighted by Crippen LogP contribution is -2.47. The molecule has 0 bridgehead atoms. The summed E-state index contributed by atoms with van der Waals surface area (Å²) in [5.41, 5.74) is 16.7. The fourth-order valence-electron chi connectivity index (χ4n) is 3.76. The molecular formula is C25H39N7O2. The molecule has 2 aromatic rings. The molecular weight excluding hydrogens is 430 g/mol. The van der Waals surface area contributed by atoms with E-state index in [2.05, 4.69) is 10.6 Å². The van der Waals surface area contributed by atoms with Gasteiger partial charge < -0.3 is 21.3 Å². The Morgan fingerprint density at radius 3 is 1.50 bits per heavy atom. The first kappa shape index (κ1) is 28.6. The first-order chi connectivity index (χ1) is 16.0. The number of carbonyl (C=O) groups is 2. The molecule has 0 unspecified atom stereocenters. The number of rotatable bonds is 8. The van der Waals surface area contributed by atoms with Crippen molar-refractivity contribution in [2.75, 3.05) is 28.2 Å². The summed E-state index contributed by atoms with van der Waals surface area (Å²) in [6.45, 7) is 5.88. The molecule has 0 radical (unpaired) electrons. The van der Waals surface area contributed by atoms with Crippen molar-refractivity contribution in [2.24, 2.45) is 22.4 Å². The Morgan fingerprint density at radius 2 is 1.24 bits per heavy atom. The normalized spacial score (nSPS) is 12.2. The van der Waals surface area contributed by atoms with E-state index in [0.717, 1.165) is 11.1 Å². The molecule has 7 N–H and O–H groups in total. The average Bonchev–Trinajstić information content (AvgIpc) is 2.83. The maximum Gasteiger partial charge on any atom is 0.253 e. The molecule has 0 saturated carbocycles. The van der Waals surface area contributed by atoms with Gasteiger partial charge in [0.1, 0.15) is 5.84 Å². The van der Waals surface area contributed by atoms with Crippen LogP contribution in [0.15, 0.2) is 53.6 Å². The molecule has 9 heteroatoms. The summed E-state index contributed by atoms with van der Waals surface area (Å²) in [5, 5.41) is 4.09. The van der Waals surface area contributed by atoms with E-state index >= 15 is 0 Å². The van der Waals surface area contributed by atoms with Crippen molar-refractivity contribution in [3.63, 3.8) is 0 Å². The quantitative estimate of drug-likeness (QED) is 0.201. The van der Waals surface area contributed by atoms with Crippen molar-refractivity contribution >= 4 is 17.6 Å². The minimum absolute atomic E-state index is 0.105. The first-order valence-corrected chi connectivity index (χ1v) is 11.2. The second kappa shape index (κ2) is 12.7. The molecule has 0 aliphatic rings. The van der Waals surface area contributed by atoms with Crippen molar-refractivity contribution < 1.29 is 9.59 Å². The minimum Gasteiger partial charge on any atom is -0.385 e. The maximum atomic E-state index is 12.3. The summed E-state index contributed by atoms with van der Waals surface area (Å²) < 4.78 is 0. The summed E-state index contributed by atoms with van der Waals surface area (Å²) in [7, 11) is 6.80. The lowest BCUT2D eigenvalue weighted by Gasteiger charge is -2.36. The van der Waals surface area contributed by atoms with Crippen LogP contribution in [-0.2, 0) is 5.41 Å². The highest BCUT2D eigenvalue weighted by atomic mass is 16.2. The lowest BCUT2D eigenvalue weighted by molar-refractivity contribution is 0.0820. The van der Waals surface area contributed by atoms with Gasteiger partial charge in [0.25, 0.3) is 11.8 Å². The molecule has 0 spiro atoms. The van der Waals surface area contributed by atoms with Gasteiger partial charge in [0.15, 0.2) is 0 Å². The molecule has 0 saturated heterocycles. The molecule has 1 atom stereocenters. The SMILES string of the molecule is CC.C[C@@H](N)CC(/C(N)=N/NN)(c1ccc(C(=O)N(C)C)cc1)c1ccc(C(=O)N(C)C)cc1. The van der Waals surface area contributed by atoms with E-state index < -0.39 is 5.41 Å². The topological polar surface area (TPSA) is 143 Å².